The predicted molar refractivity (Wildman–Crippen MR) is 98.0 cm³/mol. The maximum Gasteiger partial charge on any atom is 0.108 e. The van der Waals surface area contributed by atoms with E-state index in [1.165, 1.54) is 43.4 Å². The van der Waals surface area contributed by atoms with Gasteiger partial charge >= 0.3 is 0 Å². The largest absolute Gasteiger partial charge is 0.365 e. The van der Waals surface area contributed by atoms with Crippen LogP contribution in [-0.4, -0.2) is 29.6 Å². The summed E-state index contributed by atoms with van der Waals surface area (Å²) >= 11 is 0. The van der Waals surface area contributed by atoms with Crippen molar-refractivity contribution in [2.75, 3.05) is 6.54 Å². The number of hydrogen-bond acceptors (Lipinski definition) is 2. The molecule has 2 saturated heterocycles. The third-order valence-electron chi connectivity index (χ3n) is 5.74. The summed E-state index contributed by atoms with van der Waals surface area (Å²) in [5.74, 6) is 0. The molecule has 2 aliphatic heterocycles. The van der Waals surface area contributed by atoms with Crippen molar-refractivity contribution in [1.82, 2.24) is 4.90 Å². The molecule has 0 amide bonds. The van der Waals surface area contributed by atoms with Gasteiger partial charge in [-0.3, -0.25) is 4.90 Å². The molecule has 4 rings (SSSR count). The first-order valence-electron chi connectivity index (χ1n) is 9.36. The molecule has 3 atom stereocenters. The minimum absolute atomic E-state index is 0.0463. The van der Waals surface area contributed by atoms with Crippen LogP contribution in [0.25, 0.3) is 0 Å². The highest BCUT2D eigenvalue weighted by molar-refractivity contribution is 5.30. The summed E-state index contributed by atoms with van der Waals surface area (Å²) in [7, 11) is 0. The van der Waals surface area contributed by atoms with E-state index in [4.69, 9.17) is 4.74 Å². The van der Waals surface area contributed by atoms with Gasteiger partial charge in [0.2, 0.25) is 0 Å². The van der Waals surface area contributed by atoms with Crippen molar-refractivity contribution in [3.05, 3.63) is 71.8 Å². The van der Waals surface area contributed by atoms with Crippen molar-refractivity contribution < 1.29 is 4.74 Å². The second-order valence-electron chi connectivity index (χ2n) is 7.15. The van der Waals surface area contributed by atoms with Crippen molar-refractivity contribution in [2.45, 2.75) is 56.9 Å². The number of fused-ring (bicyclic) bond motifs is 2. The molecule has 2 nitrogen and oxygen atoms in total. The molecule has 2 heterocycles. The molecule has 2 aromatic carbocycles. The van der Waals surface area contributed by atoms with Gasteiger partial charge in [-0.15, -0.1) is 0 Å². The van der Waals surface area contributed by atoms with Crippen LogP contribution >= 0.6 is 0 Å². The number of piperidine rings is 1. The van der Waals surface area contributed by atoms with Gasteiger partial charge < -0.3 is 4.74 Å². The third kappa shape index (κ3) is 3.13. The molecule has 2 bridgehead atoms. The summed E-state index contributed by atoms with van der Waals surface area (Å²) in [6, 6.07) is 22.8. The monoisotopic (exact) mass is 321 g/mol. The van der Waals surface area contributed by atoms with Crippen LogP contribution < -0.4 is 0 Å². The minimum atomic E-state index is 0.0463. The molecule has 2 heteroatoms. The van der Waals surface area contributed by atoms with Gasteiger partial charge in [-0.1, -0.05) is 67.6 Å². The molecule has 0 spiro atoms. The molecule has 0 N–H and O–H groups in total. The number of nitrogens with zero attached hydrogens (tertiary/aromatic N) is 1. The number of ether oxygens (including phenoxy) is 1. The number of hydrogen-bond donors (Lipinski definition) is 0. The lowest BCUT2D eigenvalue weighted by Gasteiger charge is -2.39. The molecule has 24 heavy (non-hydrogen) atoms. The van der Waals surface area contributed by atoms with Crippen LogP contribution in [0.15, 0.2) is 60.7 Å². The zero-order valence-electron chi connectivity index (χ0n) is 14.5. The Hall–Kier alpha value is -1.64. The summed E-state index contributed by atoms with van der Waals surface area (Å²) in [6.07, 6.45) is 5.47. The van der Waals surface area contributed by atoms with E-state index in [0.29, 0.717) is 6.10 Å². The zero-order chi connectivity index (χ0) is 16.4. The Kier molecular flexibility index (Phi) is 4.68. The lowest BCUT2D eigenvalue weighted by molar-refractivity contribution is -0.0470. The second-order valence-corrected chi connectivity index (χ2v) is 7.15. The van der Waals surface area contributed by atoms with Crippen molar-refractivity contribution in [3.8, 4) is 0 Å². The van der Waals surface area contributed by atoms with Gasteiger partial charge in [0.05, 0.1) is 6.10 Å². The van der Waals surface area contributed by atoms with Gasteiger partial charge in [-0.05, 0) is 43.4 Å². The van der Waals surface area contributed by atoms with Crippen LogP contribution in [0.3, 0.4) is 0 Å². The Morgan fingerprint density at radius 1 is 0.875 bits per heavy atom. The van der Waals surface area contributed by atoms with Gasteiger partial charge in [0.15, 0.2) is 0 Å². The summed E-state index contributed by atoms with van der Waals surface area (Å²) in [6.45, 7) is 3.48. The number of benzene rings is 2. The van der Waals surface area contributed by atoms with Crippen molar-refractivity contribution in [3.63, 3.8) is 0 Å². The third-order valence-corrected chi connectivity index (χ3v) is 5.74. The van der Waals surface area contributed by atoms with Crippen LogP contribution in [0.4, 0.5) is 0 Å². The molecule has 0 aliphatic carbocycles. The van der Waals surface area contributed by atoms with Crippen molar-refractivity contribution >= 4 is 0 Å². The van der Waals surface area contributed by atoms with E-state index in [2.05, 4.69) is 72.5 Å². The average molecular weight is 321 g/mol. The molecule has 2 aliphatic rings. The number of rotatable bonds is 5. The van der Waals surface area contributed by atoms with Crippen molar-refractivity contribution in [2.24, 2.45) is 0 Å². The van der Waals surface area contributed by atoms with E-state index in [9.17, 15) is 0 Å². The van der Waals surface area contributed by atoms with Gasteiger partial charge in [-0.2, -0.15) is 0 Å². The van der Waals surface area contributed by atoms with Gasteiger partial charge in [0.25, 0.3) is 0 Å². The van der Waals surface area contributed by atoms with E-state index < -0.39 is 0 Å². The van der Waals surface area contributed by atoms with Crippen LogP contribution in [0.5, 0.6) is 0 Å². The summed E-state index contributed by atoms with van der Waals surface area (Å²) in [5.41, 5.74) is 2.52. The molecular formula is C22H27NO. The highest BCUT2D eigenvalue weighted by atomic mass is 16.5. The average Bonchev–Trinajstić information content (AvgIpc) is 2.90. The topological polar surface area (TPSA) is 12.5 Å². The molecule has 2 fully saturated rings. The normalized spacial score (nSPS) is 26.8. The highest BCUT2D eigenvalue weighted by Gasteiger charge is 2.40. The van der Waals surface area contributed by atoms with E-state index >= 15 is 0 Å². The fourth-order valence-electron chi connectivity index (χ4n) is 4.65. The fraction of sp³-hybridized carbons (Fsp3) is 0.455. The summed E-state index contributed by atoms with van der Waals surface area (Å²) < 4.78 is 6.71. The Morgan fingerprint density at radius 2 is 1.38 bits per heavy atom. The minimum Gasteiger partial charge on any atom is -0.365 e. The molecule has 126 valence electrons. The van der Waals surface area contributed by atoms with Crippen molar-refractivity contribution in [1.29, 1.82) is 0 Å². The Balaban J connectivity index is 1.55. The Morgan fingerprint density at radius 3 is 1.83 bits per heavy atom. The molecule has 0 aromatic heterocycles. The van der Waals surface area contributed by atoms with Crippen LogP contribution in [0.1, 0.15) is 49.8 Å². The molecular weight excluding hydrogens is 294 g/mol. The van der Waals surface area contributed by atoms with Crippen LogP contribution in [0.2, 0.25) is 0 Å². The summed E-state index contributed by atoms with van der Waals surface area (Å²) in [4.78, 5) is 2.69. The van der Waals surface area contributed by atoms with Crippen LogP contribution in [-0.2, 0) is 4.74 Å². The Labute approximate surface area is 145 Å². The second kappa shape index (κ2) is 7.08. The molecule has 0 saturated carbocycles. The first-order valence-corrected chi connectivity index (χ1v) is 9.36. The first kappa shape index (κ1) is 15.9. The van der Waals surface area contributed by atoms with E-state index in [0.717, 1.165) is 12.1 Å². The predicted octanol–water partition coefficient (Wildman–Crippen LogP) is 4.81. The smallest absolute Gasteiger partial charge is 0.108 e. The quantitative estimate of drug-likeness (QED) is 0.784. The standard InChI is InChI=1S/C22H27NO/c1-2-23-19-13-14-20(23)16-21(15-19)24-22(17-9-5-3-6-10-17)18-11-7-4-8-12-18/h3-12,19-22H,2,13-16H2,1H3/t19-,20+,21+. The summed E-state index contributed by atoms with van der Waals surface area (Å²) in [5, 5.41) is 0. The molecule has 0 unspecified atom stereocenters. The van der Waals surface area contributed by atoms with E-state index in [1.54, 1.807) is 0 Å². The molecule has 0 radical (unpaired) electrons. The lowest BCUT2D eigenvalue weighted by Crippen LogP contribution is -2.45. The zero-order valence-corrected chi connectivity index (χ0v) is 14.5. The maximum atomic E-state index is 6.71. The van der Waals surface area contributed by atoms with Crippen LogP contribution in [0, 0.1) is 0 Å². The van der Waals surface area contributed by atoms with Gasteiger partial charge in [0, 0.05) is 12.1 Å². The first-order chi connectivity index (χ1) is 11.8. The Bertz CT molecular complexity index is 588. The van der Waals surface area contributed by atoms with Gasteiger partial charge in [-0.25, -0.2) is 0 Å². The SMILES string of the molecule is CCN1[C@@H]2CC[C@H]1C[C@@H](OC(c1ccccc1)c1ccccc1)C2. The lowest BCUT2D eigenvalue weighted by atomic mass is 9.97. The fourth-order valence-corrected chi connectivity index (χ4v) is 4.65. The van der Waals surface area contributed by atoms with E-state index in [1.807, 2.05) is 0 Å². The maximum absolute atomic E-state index is 6.71. The van der Waals surface area contributed by atoms with Gasteiger partial charge in [0.1, 0.15) is 6.10 Å². The van der Waals surface area contributed by atoms with E-state index in [-0.39, 0.29) is 6.10 Å². The highest BCUT2D eigenvalue weighted by Crippen LogP contribution is 2.39. The molecule has 2 aromatic rings.